The Kier molecular flexibility index (Phi) is 6.73. The lowest BCUT2D eigenvalue weighted by Gasteiger charge is -2.20. The van der Waals surface area contributed by atoms with Gasteiger partial charge in [0.15, 0.2) is 5.96 Å². The van der Waals surface area contributed by atoms with Crippen LogP contribution in [0.4, 0.5) is 16.2 Å². The minimum atomic E-state index is -0.475. The van der Waals surface area contributed by atoms with Crippen molar-refractivity contribution in [2.24, 2.45) is 4.99 Å². The molecule has 1 atom stereocenters. The van der Waals surface area contributed by atoms with Crippen LogP contribution in [0, 0.1) is 0 Å². The number of benzene rings is 2. The van der Waals surface area contributed by atoms with E-state index in [0.29, 0.717) is 18.3 Å². The molecular formula is C21H27N5O2. The second-order valence-corrected chi connectivity index (χ2v) is 6.65. The van der Waals surface area contributed by atoms with Crippen molar-refractivity contribution in [3.8, 4) is 0 Å². The molecule has 28 heavy (non-hydrogen) atoms. The van der Waals surface area contributed by atoms with E-state index in [9.17, 15) is 4.79 Å². The smallest absolute Gasteiger partial charge is 0.411 e. The van der Waals surface area contributed by atoms with Crippen LogP contribution in [-0.4, -0.2) is 45.3 Å². The van der Waals surface area contributed by atoms with Crippen LogP contribution in [0.5, 0.6) is 0 Å². The predicted octanol–water partition coefficient (Wildman–Crippen LogP) is 2.81. The zero-order chi connectivity index (χ0) is 19.8. The number of amides is 1. The average molecular weight is 381 g/mol. The SMILES string of the molecule is CN=C(NCc1ccc(NC(=O)OC)cc1)NC1CCN(c2ccccc2)C1. The molecule has 1 aliphatic heterocycles. The lowest BCUT2D eigenvalue weighted by molar-refractivity contribution is 0.187. The molecule has 1 fully saturated rings. The van der Waals surface area contributed by atoms with Gasteiger partial charge in [-0.2, -0.15) is 0 Å². The molecule has 7 nitrogen and oxygen atoms in total. The van der Waals surface area contributed by atoms with Gasteiger partial charge in [-0.05, 0) is 36.2 Å². The average Bonchev–Trinajstić information content (AvgIpc) is 3.21. The van der Waals surface area contributed by atoms with Crippen LogP contribution in [0.25, 0.3) is 0 Å². The minimum absolute atomic E-state index is 0.359. The first kappa shape index (κ1) is 19.5. The number of carbonyl (C=O) groups is 1. The maximum Gasteiger partial charge on any atom is 0.411 e. The van der Waals surface area contributed by atoms with Gasteiger partial charge in [-0.3, -0.25) is 10.3 Å². The van der Waals surface area contributed by atoms with E-state index in [1.165, 1.54) is 12.8 Å². The highest BCUT2D eigenvalue weighted by Gasteiger charge is 2.23. The van der Waals surface area contributed by atoms with Crippen molar-refractivity contribution in [1.82, 2.24) is 10.6 Å². The Labute approximate surface area is 165 Å². The summed E-state index contributed by atoms with van der Waals surface area (Å²) < 4.78 is 4.59. The molecule has 0 bridgehead atoms. The van der Waals surface area contributed by atoms with Gasteiger partial charge in [-0.1, -0.05) is 30.3 Å². The van der Waals surface area contributed by atoms with Crippen molar-refractivity contribution in [2.75, 3.05) is 37.5 Å². The number of rotatable bonds is 5. The van der Waals surface area contributed by atoms with Gasteiger partial charge in [0.05, 0.1) is 7.11 Å². The van der Waals surface area contributed by atoms with Crippen LogP contribution in [0.2, 0.25) is 0 Å². The minimum Gasteiger partial charge on any atom is -0.453 e. The standard InChI is InChI=1S/C21H27N5O2/c1-22-20(23-14-16-8-10-17(11-9-16)25-21(27)28-2)24-18-12-13-26(15-18)19-6-4-3-5-7-19/h3-11,18H,12-15H2,1-2H3,(H,25,27)(H2,22,23,24). The highest BCUT2D eigenvalue weighted by molar-refractivity contribution is 5.84. The first-order valence-electron chi connectivity index (χ1n) is 9.39. The third kappa shape index (κ3) is 5.39. The number of hydrogen-bond acceptors (Lipinski definition) is 4. The van der Waals surface area contributed by atoms with Gasteiger partial charge in [0.2, 0.25) is 0 Å². The molecule has 1 unspecified atom stereocenters. The second-order valence-electron chi connectivity index (χ2n) is 6.65. The first-order valence-corrected chi connectivity index (χ1v) is 9.39. The van der Waals surface area contributed by atoms with E-state index in [2.05, 4.69) is 54.8 Å². The van der Waals surface area contributed by atoms with Gasteiger partial charge in [-0.15, -0.1) is 0 Å². The number of methoxy groups -OCH3 is 1. The molecule has 2 aromatic carbocycles. The zero-order valence-electron chi connectivity index (χ0n) is 16.3. The molecule has 0 radical (unpaired) electrons. The fraction of sp³-hybridized carbons (Fsp3) is 0.333. The normalized spacial score (nSPS) is 16.6. The number of para-hydroxylation sites is 1. The molecule has 0 saturated carbocycles. The molecule has 148 valence electrons. The molecule has 1 amide bonds. The van der Waals surface area contributed by atoms with Crippen LogP contribution >= 0.6 is 0 Å². The number of anilines is 2. The fourth-order valence-corrected chi connectivity index (χ4v) is 3.20. The third-order valence-electron chi connectivity index (χ3n) is 4.72. The Morgan fingerprint density at radius 3 is 2.61 bits per heavy atom. The molecule has 3 rings (SSSR count). The summed E-state index contributed by atoms with van der Waals surface area (Å²) in [5.74, 6) is 0.789. The number of ether oxygens (including phenoxy) is 1. The van der Waals surface area contributed by atoms with Crippen molar-refractivity contribution in [3.63, 3.8) is 0 Å². The van der Waals surface area contributed by atoms with Gasteiger partial charge in [-0.25, -0.2) is 4.79 Å². The van der Waals surface area contributed by atoms with Crippen LogP contribution in [0.3, 0.4) is 0 Å². The maximum absolute atomic E-state index is 11.2. The first-order chi connectivity index (χ1) is 13.7. The van der Waals surface area contributed by atoms with E-state index in [0.717, 1.165) is 31.0 Å². The summed E-state index contributed by atoms with van der Waals surface area (Å²) >= 11 is 0. The van der Waals surface area contributed by atoms with Gasteiger partial charge in [0.25, 0.3) is 0 Å². The van der Waals surface area contributed by atoms with E-state index in [1.807, 2.05) is 30.3 Å². The Morgan fingerprint density at radius 2 is 1.93 bits per heavy atom. The second kappa shape index (κ2) is 9.64. The highest BCUT2D eigenvalue weighted by atomic mass is 16.5. The van der Waals surface area contributed by atoms with Crippen LogP contribution in [-0.2, 0) is 11.3 Å². The third-order valence-corrected chi connectivity index (χ3v) is 4.72. The number of aliphatic imine (C=N–C) groups is 1. The lowest BCUT2D eigenvalue weighted by atomic mass is 10.2. The van der Waals surface area contributed by atoms with E-state index >= 15 is 0 Å². The van der Waals surface area contributed by atoms with Crippen LogP contribution in [0.1, 0.15) is 12.0 Å². The summed E-state index contributed by atoms with van der Waals surface area (Å²) in [6.45, 7) is 2.64. The quantitative estimate of drug-likeness (QED) is 0.548. The van der Waals surface area contributed by atoms with E-state index in [-0.39, 0.29) is 0 Å². The van der Waals surface area contributed by atoms with Gasteiger partial charge in [0, 0.05) is 44.1 Å². The Hall–Kier alpha value is -3.22. The Morgan fingerprint density at radius 1 is 1.18 bits per heavy atom. The van der Waals surface area contributed by atoms with Crippen molar-refractivity contribution < 1.29 is 9.53 Å². The molecule has 0 aliphatic carbocycles. The molecule has 1 aliphatic rings. The number of hydrogen-bond donors (Lipinski definition) is 3. The summed E-state index contributed by atoms with van der Waals surface area (Å²) in [7, 11) is 3.12. The van der Waals surface area contributed by atoms with E-state index in [4.69, 9.17) is 0 Å². The maximum atomic E-state index is 11.2. The van der Waals surface area contributed by atoms with Crippen molar-refractivity contribution in [3.05, 3.63) is 60.2 Å². The molecule has 1 heterocycles. The summed E-state index contributed by atoms with van der Waals surface area (Å²) in [5.41, 5.74) is 3.05. The summed E-state index contributed by atoms with van der Waals surface area (Å²) in [5, 5.41) is 9.49. The molecule has 0 spiro atoms. The molecule has 7 heteroatoms. The predicted molar refractivity (Wildman–Crippen MR) is 113 cm³/mol. The van der Waals surface area contributed by atoms with Gasteiger partial charge in [0.1, 0.15) is 0 Å². The summed E-state index contributed by atoms with van der Waals surface area (Å²) in [4.78, 5) is 17.9. The van der Waals surface area contributed by atoms with E-state index in [1.54, 1.807) is 7.05 Å². The Bertz CT molecular complexity index is 792. The van der Waals surface area contributed by atoms with E-state index < -0.39 is 6.09 Å². The summed E-state index contributed by atoms with van der Waals surface area (Å²) in [6, 6.07) is 18.4. The van der Waals surface area contributed by atoms with Gasteiger partial charge >= 0.3 is 6.09 Å². The van der Waals surface area contributed by atoms with Crippen LogP contribution < -0.4 is 20.9 Å². The largest absolute Gasteiger partial charge is 0.453 e. The van der Waals surface area contributed by atoms with Crippen LogP contribution in [0.15, 0.2) is 59.6 Å². The van der Waals surface area contributed by atoms with Crippen molar-refractivity contribution in [2.45, 2.75) is 19.0 Å². The number of carbonyl (C=O) groups excluding carboxylic acids is 1. The topological polar surface area (TPSA) is 78.0 Å². The number of nitrogens with one attached hydrogen (secondary N) is 3. The number of nitrogens with zero attached hydrogens (tertiary/aromatic N) is 2. The molecule has 3 N–H and O–H groups in total. The summed E-state index contributed by atoms with van der Waals surface area (Å²) in [6.07, 6.45) is 0.598. The van der Waals surface area contributed by atoms with Gasteiger partial charge < -0.3 is 20.3 Å². The Balaban J connectivity index is 1.47. The molecular weight excluding hydrogens is 354 g/mol. The highest BCUT2D eigenvalue weighted by Crippen LogP contribution is 2.19. The lowest BCUT2D eigenvalue weighted by Crippen LogP contribution is -2.44. The fourth-order valence-electron chi connectivity index (χ4n) is 3.20. The van der Waals surface area contributed by atoms with Crippen molar-refractivity contribution in [1.29, 1.82) is 0 Å². The molecule has 2 aromatic rings. The van der Waals surface area contributed by atoms with Crippen molar-refractivity contribution >= 4 is 23.4 Å². The monoisotopic (exact) mass is 381 g/mol. The number of guanidine groups is 1. The molecule has 0 aromatic heterocycles. The molecule has 1 saturated heterocycles. The zero-order valence-corrected chi connectivity index (χ0v) is 16.3.